The van der Waals surface area contributed by atoms with Gasteiger partial charge in [0.25, 0.3) is 0 Å². The van der Waals surface area contributed by atoms with Gasteiger partial charge in [0, 0.05) is 13.1 Å². The first-order valence-electron chi connectivity index (χ1n) is 8.09. The minimum atomic E-state index is -3.32. The SMILES string of the molecule is CS(=O)(=O)NC[C@]1(O)CCCN(Cc2nc(-c3ccco3)no2)CC1. The highest BCUT2D eigenvalue weighted by Gasteiger charge is 2.31. The maximum absolute atomic E-state index is 11.2. The van der Waals surface area contributed by atoms with Gasteiger partial charge in [-0.1, -0.05) is 5.16 Å². The van der Waals surface area contributed by atoms with E-state index in [4.69, 9.17) is 8.94 Å². The van der Waals surface area contributed by atoms with Crippen LogP contribution in [0.25, 0.3) is 11.6 Å². The number of rotatable bonds is 6. The van der Waals surface area contributed by atoms with E-state index in [1.807, 2.05) is 0 Å². The highest BCUT2D eigenvalue weighted by atomic mass is 32.2. The number of hydrogen-bond acceptors (Lipinski definition) is 8. The van der Waals surface area contributed by atoms with Gasteiger partial charge in [0.05, 0.1) is 24.7 Å². The number of nitrogens with zero attached hydrogens (tertiary/aromatic N) is 3. The highest BCUT2D eigenvalue weighted by molar-refractivity contribution is 7.88. The van der Waals surface area contributed by atoms with Gasteiger partial charge >= 0.3 is 0 Å². The number of aliphatic hydroxyl groups is 1. The van der Waals surface area contributed by atoms with Crippen molar-refractivity contribution in [1.29, 1.82) is 0 Å². The van der Waals surface area contributed by atoms with Gasteiger partial charge < -0.3 is 14.0 Å². The van der Waals surface area contributed by atoms with E-state index in [1.165, 1.54) is 0 Å². The molecule has 138 valence electrons. The van der Waals surface area contributed by atoms with Gasteiger partial charge in [-0.2, -0.15) is 4.98 Å². The second kappa shape index (κ2) is 7.24. The molecule has 1 atom stereocenters. The summed E-state index contributed by atoms with van der Waals surface area (Å²) in [4.78, 5) is 6.42. The normalized spacial score (nSPS) is 22.8. The molecule has 0 bridgehead atoms. The minimum Gasteiger partial charge on any atom is -0.461 e. The molecule has 2 N–H and O–H groups in total. The molecule has 10 heteroatoms. The van der Waals surface area contributed by atoms with E-state index in [1.54, 1.807) is 18.4 Å². The predicted octanol–water partition coefficient (Wildman–Crippen LogP) is 0.596. The van der Waals surface area contributed by atoms with Crippen molar-refractivity contribution in [3.8, 4) is 11.6 Å². The Hall–Kier alpha value is -1.75. The van der Waals surface area contributed by atoms with Crippen LogP contribution in [0.15, 0.2) is 27.3 Å². The molecule has 0 radical (unpaired) electrons. The second-order valence-electron chi connectivity index (χ2n) is 6.44. The van der Waals surface area contributed by atoms with Gasteiger partial charge in [0.2, 0.25) is 21.7 Å². The van der Waals surface area contributed by atoms with Crippen molar-refractivity contribution < 1.29 is 22.5 Å². The fourth-order valence-corrected chi connectivity index (χ4v) is 3.38. The zero-order valence-corrected chi connectivity index (χ0v) is 14.8. The number of furan rings is 1. The van der Waals surface area contributed by atoms with E-state index in [0.717, 1.165) is 19.2 Å². The van der Waals surface area contributed by atoms with Crippen molar-refractivity contribution in [3.63, 3.8) is 0 Å². The molecule has 2 aromatic rings. The Kier molecular flexibility index (Phi) is 5.23. The van der Waals surface area contributed by atoms with Gasteiger partial charge in [0.15, 0.2) is 5.76 Å². The second-order valence-corrected chi connectivity index (χ2v) is 8.27. The van der Waals surface area contributed by atoms with Crippen LogP contribution < -0.4 is 4.72 Å². The quantitative estimate of drug-likeness (QED) is 0.758. The van der Waals surface area contributed by atoms with Gasteiger partial charge in [-0.05, 0) is 37.9 Å². The number of hydrogen-bond donors (Lipinski definition) is 2. The Bertz CT molecular complexity index is 789. The van der Waals surface area contributed by atoms with E-state index >= 15 is 0 Å². The molecule has 0 aromatic carbocycles. The number of aromatic nitrogens is 2. The third kappa shape index (κ3) is 5.11. The van der Waals surface area contributed by atoms with E-state index < -0.39 is 15.6 Å². The van der Waals surface area contributed by atoms with Crippen LogP contribution in [0.5, 0.6) is 0 Å². The fraction of sp³-hybridized carbons (Fsp3) is 0.600. The molecule has 2 aromatic heterocycles. The number of nitrogens with one attached hydrogen (secondary N) is 1. The maximum Gasteiger partial charge on any atom is 0.241 e. The van der Waals surface area contributed by atoms with Crippen molar-refractivity contribution >= 4 is 10.0 Å². The molecule has 0 unspecified atom stereocenters. The molecule has 25 heavy (non-hydrogen) atoms. The van der Waals surface area contributed by atoms with Gasteiger partial charge in [-0.3, -0.25) is 4.90 Å². The van der Waals surface area contributed by atoms with Gasteiger partial charge in [-0.15, -0.1) is 0 Å². The topological polar surface area (TPSA) is 122 Å². The Labute approximate surface area is 146 Å². The lowest BCUT2D eigenvalue weighted by Crippen LogP contribution is -2.43. The largest absolute Gasteiger partial charge is 0.461 e. The first-order valence-corrected chi connectivity index (χ1v) is 9.98. The molecule has 0 spiro atoms. The summed E-state index contributed by atoms with van der Waals surface area (Å²) >= 11 is 0. The molecule has 1 aliphatic heterocycles. The predicted molar refractivity (Wildman–Crippen MR) is 88.9 cm³/mol. The molecule has 1 saturated heterocycles. The average Bonchev–Trinajstić information content (AvgIpc) is 3.18. The minimum absolute atomic E-state index is 0.0306. The van der Waals surface area contributed by atoms with Crippen molar-refractivity contribution in [2.75, 3.05) is 25.9 Å². The zero-order valence-electron chi connectivity index (χ0n) is 14.0. The highest BCUT2D eigenvalue weighted by Crippen LogP contribution is 2.23. The molecule has 3 rings (SSSR count). The molecule has 3 heterocycles. The molecule has 9 nitrogen and oxygen atoms in total. The Morgan fingerprint density at radius 2 is 2.24 bits per heavy atom. The summed E-state index contributed by atoms with van der Waals surface area (Å²) in [7, 11) is -3.32. The fourth-order valence-electron chi connectivity index (χ4n) is 2.85. The van der Waals surface area contributed by atoms with E-state index in [2.05, 4.69) is 19.8 Å². The molecule has 1 aliphatic rings. The number of likely N-dealkylation sites (tertiary alicyclic amines) is 1. The Morgan fingerprint density at radius 1 is 1.40 bits per heavy atom. The Morgan fingerprint density at radius 3 is 2.96 bits per heavy atom. The average molecular weight is 370 g/mol. The molecule has 0 saturated carbocycles. The van der Waals surface area contributed by atoms with Crippen LogP contribution in [0.3, 0.4) is 0 Å². The van der Waals surface area contributed by atoms with Crippen molar-refractivity contribution in [2.24, 2.45) is 0 Å². The lowest BCUT2D eigenvalue weighted by molar-refractivity contribution is 0.0302. The molecular weight excluding hydrogens is 348 g/mol. The summed E-state index contributed by atoms with van der Waals surface area (Å²) in [5, 5.41) is 14.5. The monoisotopic (exact) mass is 370 g/mol. The van der Waals surface area contributed by atoms with Crippen LogP contribution in [-0.2, 0) is 16.6 Å². The molecule has 0 amide bonds. The van der Waals surface area contributed by atoms with Crippen LogP contribution >= 0.6 is 0 Å². The van der Waals surface area contributed by atoms with Gasteiger partial charge in [-0.25, -0.2) is 13.1 Å². The van der Waals surface area contributed by atoms with Crippen molar-refractivity contribution in [2.45, 2.75) is 31.4 Å². The first kappa shape index (κ1) is 18.1. The van der Waals surface area contributed by atoms with Crippen LogP contribution in [0.4, 0.5) is 0 Å². The number of sulfonamides is 1. The summed E-state index contributed by atoms with van der Waals surface area (Å²) < 4.78 is 35.4. The standard InChI is InChI=1S/C15H22N4O5S/c1-25(21,22)16-11-15(20)5-3-7-19(8-6-15)10-13-17-14(18-24-13)12-4-2-9-23-12/h2,4,9,16,20H,3,5-8,10-11H2,1H3/t15-/m0/s1. The third-order valence-corrected chi connectivity index (χ3v) is 4.91. The molecule has 1 fully saturated rings. The molecule has 0 aliphatic carbocycles. The van der Waals surface area contributed by atoms with E-state index in [9.17, 15) is 13.5 Å². The first-order chi connectivity index (χ1) is 11.8. The summed E-state index contributed by atoms with van der Waals surface area (Å²) in [5.74, 6) is 1.43. The zero-order chi connectivity index (χ0) is 17.9. The van der Waals surface area contributed by atoms with Crippen LogP contribution in [-0.4, -0.2) is 60.1 Å². The van der Waals surface area contributed by atoms with Crippen molar-refractivity contribution in [1.82, 2.24) is 19.8 Å². The van der Waals surface area contributed by atoms with Crippen LogP contribution in [0.1, 0.15) is 25.2 Å². The Balaban J connectivity index is 1.56. The summed E-state index contributed by atoms with van der Waals surface area (Å²) in [6.07, 6.45) is 4.39. The van der Waals surface area contributed by atoms with Crippen LogP contribution in [0.2, 0.25) is 0 Å². The van der Waals surface area contributed by atoms with E-state index in [-0.39, 0.29) is 6.54 Å². The van der Waals surface area contributed by atoms with Gasteiger partial charge in [0.1, 0.15) is 0 Å². The third-order valence-electron chi connectivity index (χ3n) is 4.24. The maximum atomic E-state index is 11.2. The van der Waals surface area contributed by atoms with E-state index in [0.29, 0.717) is 43.4 Å². The summed E-state index contributed by atoms with van der Waals surface area (Å²) in [5.41, 5.74) is -1.04. The molecular formula is C15H22N4O5S. The van der Waals surface area contributed by atoms with Crippen LogP contribution in [0, 0.1) is 0 Å². The van der Waals surface area contributed by atoms with Crippen molar-refractivity contribution in [3.05, 3.63) is 24.3 Å². The lowest BCUT2D eigenvalue weighted by atomic mass is 9.95. The summed E-state index contributed by atoms with van der Waals surface area (Å²) in [6.45, 7) is 1.88. The summed E-state index contributed by atoms with van der Waals surface area (Å²) in [6, 6.07) is 3.51. The lowest BCUT2D eigenvalue weighted by Gasteiger charge is -2.26. The smallest absolute Gasteiger partial charge is 0.241 e.